The molecule has 0 rings (SSSR count). The van der Waals surface area contributed by atoms with Crippen molar-refractivity contribution in [3.8, 4) is 0 Å². The van der Waals surface area contributed by atoms with E-state index in [1.54, 1.807) is 0 Å². The summed E-state index contributed by atoms with van der Waals surface area (Å²) in [6.45, 7) is 3.22. The lowest BCUT2D eigenvalue weighted by molar-refractivity contribution is 0.456. The van der Waals surface area contributed by atoms with Gasteiger partial charge in [0, 0.05) is 5.70 Å². The third-order valence-corrected chi connectivity index (χ3v) is 1.85. The number of hydrogen-bond acceptors (Lipinski definition) is 1. The van der Waals surface area contributed by atoms with Crippen molar-refractivity contribution in [2.24, 2.45) is 4.99 Å². The average Bonchev–Trinajstić information content (AvgIpc) is 2.05. The Kier molecular flexibility index (Phi) is 7.71. The van der Waals surface area contributed by atoms with E-state index >= 15 is 0 Å². The van der Waals surface area contributed by atoms with Crippen molar-refractivity contribution in [2.75, 3.05) is 6.67 Å². The Morgan fingerprint density at radius 3 is 2.64 bits per heavy atom. The van der Waals surface area contributed by atoms with E-state index in [1.807, 2.05) is 5.82 Å². The minimum Gasteiger partial charge on any atom is -0.269 e. The van der Waals surface area contributed by atoms with E-state index in [-0.39, 0.29) is 6.67 Å². The van der Waals surface area contributed by atoms with Crippen LogP contribution in [-0.2, 0) is 0 Å². The molecule has 0 saturated carbocycles. The standard InChI is InChI=1S/C8H15FNP/c1-10-8(7-11)5-3-2-4-6-9/h7H,1-6,11H2/b8-7-. The lowest BCUT2D eigenvalue weighted by atomic mass is 10.2. The zero-order valence-corrected chi connectivity index (χ0v) is 7.88. The van der Waals surface area contributed by atoms with Gasteiger partial charge in [0.15, 0.2) is 0 Å². The molecule has 0 amide bonds. The lowest BCUT2D eigenvalue weighted by Gasteiger charge is -1.98. The second-order valence-corrected chi connectivity index (χ2v) is 2.65. The monoisotopic (exact) mass is 175 g/mol. The lowest BCUT2D eigenvalue weighted by Crippen LogP contribution is -1.81. The van der Waals surface area contributed by atoms with Crippen LogP contribution in [0.1, 0.15) is 25.7 Å². The summed E-state index contributed by atoms with van der Waals surface area (Å²) in [5, 5.41) is 0. The van der Waals surface area contributed by atoms with Gasteiger partial charge in [0.1, 0.15) is 0 Å². The average molecular weight is 175 g/mol. The van der Waals surface area contributed by atoms with Crippen molar-refractivity contribution in [3.05, 3.63) is 11.5 Å². The van der Waals surface area contributed by atoms with Gasteiger partial charge < -0.3 is 0 Å². The molecule has 0 aliphatic carbocycles. The van der Waals surface area contributed by atoms with E-state index in [9.17, 15) is 4.39 Å². The Morgan fingerprint density at radius 2 is 2.18 bits per heavy atom. The molecule has 0 bridgehead atoms. The zero-order valence-electron chi connectivity index (χ0n) is 6.72. The molecule has 0 N–H and O–H groups in total. The van der Waals surface area contributed by atoms with Crippen LogP contribution in [0.2, 0.25) is 0 Å². The van der Waals surface area contributed by atoms with Gasteiger partial charge in [-0.3, -0.25) is 9.38 Å². The van der Waals surface area contributed by atoms with E-state index in [4.69, 9.17) is 0 Å². The highest BCUT2D eigenvalue weighted by molar-refractivity contribution is 7.20. The molecule has 1 unspecified atom stereocenters. The topological polar surface area (TPSA) is 12.4 Å². The van der Waals surface area contributed by atoms with Crippen LogP contribution in [0.4, 0.5) is 4.39 Å². The van der Waals surface area contributed by atoms with Gasteiger partial charge in [-0.25, -0.2) is 0 Å². The van der Waals surface area contributed by atoms with Crippen LogP contribution in [0.3, 0.4) is 0 Å². The Morgan fingerprint density at radius 1 is 1.45 bits per heavy atom. The van der Waals surface area contributed by atoms with E-state index in [2.05, 4.69) is 20.9 Å². The quantitative estimate of drug-likeness (QED) is 0.334. The van der Waals surface area contributed by atoms with Crippen LogP contribution in [-0.4, -0.2) is 13.4 Å². The van der Waals surface area contributed by atoms with Crippen LogP contribution in [0, 0.1) is 0 Å². The van der Waals surface area contributed by atoms with E-state index in [0.717, 1.165) is 25.0 Å². The van der Waals surface area contributed by atoms with Gasteiger partial charge >= 0.3 is 0 Å². The fourth-order valence-corrected chi connectivity index (χ4v) is 1.06. The van der Waals surface area contributed by atoms with Gasteiger partial charge in [-0.15, -0.1) is 9.24 Å². The molecule has 11 heavy (non-hydrogen) atoms. The highest BCUT2D eigenvalue weighted by Gasteiger charge is 1.92. The number of hydrogen-bond donors (Lipinski definition) is 0. The van der Waals surface area contributed by atoms with Crippen molar-refractivity contribution in [2.45, 2.75) is 25.7 Å². The second kappa shape index (κ2) is 7.87. The normalized spacial score (nSPS) is 11.6. The first-order valence-electron chi connectivity index (χ1n) is 3.78. The Hall–Kier alpha value is -0.230. The van der Waals surface area contributed by atoms with Crippen LogP contribution < -0.4 is 0 Å². The molecule has 0 saturated heterocycles. The summed E-state index contributed by atoms with van der Waals surface area (Å²) in [6, 6.07) is 0. The molecule has 0 radical (unpaired) electrons. The van der Waals surface area contributed by atoms with Crippen LogP contribution in [0.25, 0.3) is 0 Å². The first-order chi connectivity index (χ1) is 5.35. The van der Waals surface area contributed by atoms with E-state index in [0.29, 0.717) is 6.42 Å². The van der Waals surface area contributed by atoms with Gasteiger partial charge in [0.25, 0.3) is 0 Å². The maximum absolute atomic E-state index is 11.6. The van der Waals surface area contributed by atoms with Gasteiger partial charge in [-0.05, 0) is 31.8 Å². The van der Waals surface area contributed by atoms with Crippen molar-refractivity contribution >= 4 is 16.0 Å². The fraction of sp³-hybridized carbons (Fsp3) is 0.625. The van der Waals surface area contributed by atoms with Crippen molar-refractivity contribution in [3.63, 3.8) is 0 Å². The summed E-state index contributed by atoms with van der Waals surface area (Å²) in [6.07, 6.45) is 3.52. The van der Waals surface area contributed by atoms with Gasteiger partial charge in [-0.2, -0.15) is 0 Å². The summed E-state index contributed by atoms with van der Waals surface area (Å²) in [5.41, 5.74) is 0.980. The Balaban J connectivity index is 3.29. The maximum Gasteiger partial charge on any atom is 0.0894 e. The van der Waals surface area contributed by atoms with Gasteiger partial charge in [0.2, 0.25) is 0 Å². The highest BCUT2D eigenvalue weighted by Crippen LogP contribution is 2.11. The van der Waals surface area contributed by atoms with Crippen molar-refractivity contribution < 1.29 is 4.39 Å². The van der Waals surface area contributed by atoms with Crippen LogP contribution in [0.15, 0.2) is 16.5 Å². The number of halogens is 1. The molecule has 0 aliphatic heterocycles. The molecule has 64 valence electrons. The largest absolute Gasteiger partial charge is 0.269 e. The molecule has 3 heteroatoms. The van der Waals surface area contributed by atoms with Crippen LogP contribution >= 0.6 is 9.24 Å². The summed E-state index contributed by atoms with van der Waals surface area (Å²) < 4.78 is 11.6. The minimum absolute atomic E-state index is 0.207. The number of unbranched alkanes of at least 4 members (excludes halogenated alkanes) is 2. The number of nitrogens with zero attached hydrogens (tertiary/aromatic N) is 1. The smallest absolute Gasteiger partial charge is 0.0894 e. The minimum atomic E-state index is -0.207. The van der Waals surface area contributed by atoms with Crippen molar-refractivity contribution in [1.29, 1.82) is 0 Å². The first kappa shape index (κ1) is 10.8. The number of alkyl halides is 1. The second-order valence-electron chi connectivity index (χ2n) is 2.32. The molecule has 0 aromatic heterocycles. The van der Waals surface area contributed by atoms with Crippen molar-refractivity contribution in [1.82, 2.24) is 0 Å². The fourth-order valence-electron chi connectivity index (χ4n) is 0.792. The summed E-state index contributed by atoms with van der Waals surface area (Å²) in [5.74, 6) is 1.86. The summed E-state index contributed by atoms with van der Waals surface area (Å²) in [7, 11) is 2.49. The SMILES string of the molecule is C=N/C(=C\P)CCCCCF. The highest BCUT2D eigenvalue weighted by atomic mass is 31.0. The zero-order chi connectivity index (χ0) is 8.53. The molecule has 1 atom stereocenters. The number of aliphatic imine (C=N–C) groups is 1. The molecule has 0 heterocycles. The maximum atomic E-state index is 11.6. The molecule has 0 fully saturated rings. The Labute approximate surface area is 70.0 Å². The number of allylic oxidation sites excluding steroid dienone is 1. The predicted molar refractivity (Wildman–Crippen MR) is 51.8 cm³/mol. The van der Waals surface area contributed by atoms with Gasteiger partial charge in [0.05, 0.1) is 6.67 Å². The molecular formula is C8H15FNP. The third kappa shape index (κ3) is 6.18. The Bertz CT molecular complexity index is 134. The van der Waals surface area contributed by atoms with Gasteiger partial charge in [-0.1, -0.05) is 6.42 Å². The molecule has 1 nitrogen and oxygen atoms in total. The molecule has 0 spiro atoms. The molecule has 0 aromatic rings. The third-order valence-electron chi connectivity index (χ3n) is 1.46. The summed E-state index contributed by atoms with van der Waals surface area (Å²) >= 11 is 0. The first-order valence-corrected chi connectivity index (χ1v) is 4.45. The molecular weight excluding hydrogens is 160 g/mol. The molecule has 0 aromatic carbocycles. The van der Waals surface area contributed by atoms with E-state index < -0.39 is 0 Å². The number of rotatable bonds is 6. The molecule has 0 aliphatic rings. The predicted octanol–water partition coefficient (Wildman–Crippen LogP) is 2.93. The van der Waals surface area contributed by atoms with Crippen LogP contribution in [0.5, 0.6) is 0 Å². The van der Waals surface area contributed by atoms with E-state index in [1.165, 1.54) is 0 Å². The summed E-state index contributed by atoms with van der Waals surface area (Å²) in [4.78, 5) is 3.80.